The Balaban J connectivity index is 1.52. The van der Waals surface area contributed by atoms with E-state index in [2.05, 4.69) is 15.5 Å². The number of carbonyl (C=O) groups excluding carboxylic acids is 1. The number of hydrogen-bond donors (Lipinski definition) is 1. The highest BCUT2D eigenvalue weighted by molar-refractivity contribution is 7.13. The first-order valence-corrected chi connectivity index (χ1v) is 8.94. The van der Waals surface area contributed by atoms with Gasteiger partial charge in [0, 0.05) is 24.7 Å². The molecule has 0 aliphatic heterocycles. The number of amides is 1. The highest BCUT2D eigenvalue weighted by Crippen LogP contribution is 2.26. The number of hydrogen-bond acceptors (Lipinski definition) is 5. The molecule has 0 radical (unpaired) electrons. The maximum atomic E-state index is 12.5. The number of aromatic nitrogens is 2. The Morgan fingerprint density at radius 1 is 1.25 bits per heavy atom. The third kappa shape index (κ3) is 2.85. The van der Waals surface area contributed by atoms with Gasteiger partial charge in [-0.2, -0.15) is 0 Å². The van der Waals surface area contributed by atoms with Crippen LogP contribution in [0.4, 0.5) is 0 Å². The second-order valence-corrected chi connectivity index (χ2v) is 6.76. The van der Waals surface area contributed by atoms with Gasteiger partial charge in [-0.3, -0.25) is 9.78 Å². The number of nitrogens with zero attached hydrogens (tertiary/aromatic N) is 2. The highest BCUT2D eigenvalue weighted by Gasteiger charge is 2.23. The summed E-state index contributed by atoms with van der Waals surface area (Å²) in [5, 5.41) is 8.96. The van der Waals surface area contributed by atoms with Crippen LogP contribution in [-0.4, -0.2) is 16.0 Å². The zero-order chi connectivity index (χ0) is 16.4. The molecule has 0 fully saturated rings. The van der Waals surface area contributed by atoms with Crippen LogP contribution in [0.3, 0.4) is 0 Å². The summed E-state index contributed by atoms with van der Waals surface area (Å²) in [5.74, 6) is 0.690. The lowest BCUT2D eigenvalue weighted by atomic mass is 9.96. The minimum Gasteiger partial charge on any atom is -0.360 e. The van der Waals surface area contributed by atoms with Crippen molar-refractivity contribution in [1.29, 1.82) is 0 Å². The standard InChI is InChI=1S/C18H17N3O2S/c22-18(17-13-6-1-2-7-14(13)23-21-17)20-11-12-5-3-9-19-16(12)15-8-4-10-24-15/h3-5,8-10H,1-2,6-7,11H2,(H,20,22). The van der Waals surface area contributed by atoms with Crippen molar-refractivity contribution < 1.29 is 9.32 Å². The lowest BCUT2D eigenvalue weighted by molar-refractivity contribution is 0.0941. The Hall–Kier alpha value is -2.47. The van der Waals surface area contributed by atoms with E-state index in [1.54, 1.807) is 17.5 Å². The summed E-state index contributed by atoms with van der Waals surface area (Å²) >= 11 is 1.64. The molecule has 3 aromatic rings. The molecule has 3 heterocycles. The van der Waals surface area contributed by atoms with E-state index >= 15 is 0 Å². The molecule has 1 amide bonds. The Morgan fingerprint density at radius 3 is 3.04 bits per heavy atom. The summed E-state index contributed by atoms with van der Waals surface area (Å²) in [7, 11) is 0. The van der Waals surface area contributed by atoms with Gasteiger partial charge >= 0.3 is 0 Å². The van der Waals surface area contributed by atoms with Crippen LogP contribution in [0.15, 0.2) is 40.4 Å². The van der Waals surface area contributed by atoms with Crippen molar-refractivity contribution in [2.45, 2.75) is 32.2 Å². The molecule has 0 spiro atoms. The van der Waals surface area contributed by atoms with Gasteiger partial charge in [-0.25, -0.2) is 0 Å². The molecule has 0 saturated carbocycles. The molecule has 1 N–H and O–H groups in total. The Morgan fingerprint density at radius 2 is 2.17 bits per heavy atom. The molecule has 1 aliphatic rings. The summed E-state index contributed by atoms with van der Waals surface area (Å²) in [4.78, 5) is 18.1. The zero-order valence-corrected chi connectivity index (χ0v) is 13.9. The van der Waals surface area contributed by atoms with Crippen molar-refractivity contribution in [2.75, 3.05) is 0 Å². The number of aryl methyl sites for hydroxylation is 1. The summed E-state index contributed by atoms with van der Waals surface area (Å²) in [5.41, 5.74) is 3.32. The quantitative estimate of drug-likeness (QED) is 0.788. The highest BCUT2D eigenvalue weighted by atomic mass is 32.1. The van der Waals surface area contributed by atoms with Crippen molar-refractivity contribution in [3.8, 4) is 10.6 Å². The predicted octanol–water partition coefficient (Wildman–Crippen LogP) is 3.61. The van der Waals surface area contributed by atoms with Gasteiger partial charge in [0.05, 0.1) is 10.6 Å². The fraction of sp³-hybridized carbons (Fsp3) is 0.278. The number of thiophene rings is 1. The first kappa shape index (κ1) is 15.1. The molecular formula is C18H17N3O2S. The van der Waals surface area contributed by atoms with Gasteiger partial charge < -0.3 is 9.84 Å². The fourth-order valence-electron chi connectivity index (χ4n) is 3.04. The number of carbonyl (C=O) groups is 1. The van der Waals surface area contributed by atoms with Crippen molar-refractivity contribution in [3.05, 3.63) is 58.4 Å². The molecule has 0 unspecified atom stereocenters. The lowest BCUT2D eigenvalue weighted by Gasteiger charge is -2.10. The molecule has 0 aromatic carbocycles. The minimum absolute atomic E-state index is 0.178. The predicted molar refractivity (Wildman–Crippen MR) is 91.9 cm³/mol. The largest absolute Gasteiger partial charge is 0.360 e. The van der Waals surface area contributed by atoms with E-state index in [0.29, 0.717) is 12.2 Å². The van der Waals surface area contributed by atoms with Crippen LogP contribution in [0.1, 0.15) is 40.2 Å². The third-order valence-corrected chi connectivity index (χ3v) is 5.13. The van der Waals surface area contributed by atoms with E-state index in [1.807, 2.05) is 29.6 Å². The molecule has 4 rings (SSSR count). The van der Waals surface area contributed by atoms with Crippen molar-refractivity contribution in [2.24, 2.45) is 0 Å². The van der Waals surface area contributed by atoms with E-state index in [1.165, 1.54) is 0 Å². The summed E-state index contributed by atoms with van der Waals surface area (Å²) in [6.07, 6.45) is 5.70. The normalized spacial score (nSPS) is 13.5. The molecule has 0 saturated heterocycles. The van der Waals surface area contributed by atoms with Gasteiger partial charge in [-0.05, 0) is 42.3 Å². The third-order valence-electron chi connectivity index (χ3n) is 4.25. The van der Waals surface area contributed by atoms with Gasteiger partial charge in [0.25, 0.3) is 5.91 Å². The van der Waals surface area contributed by atoms with Crippen molar-refractivity contribution >= 4 is 17.2 Å². The Bertz CT molecular complexity index is 855. The van der Waals surface area contributed by atoms with Gasteiger partial charge in [0.2, 0.25) is 0 Å². The molecule has 6 heteroatoms. The van der Waals surface area contributed by atoms with Gasteiger partial charge in [0.1, 0.15) is 5.76 Å². The van der Waals surface area contributed by atoms with Crippen molar-refractivity contribution in [1.82, 2.24) is 15.5 Å². The van der Waals surface area contributed by atoms with Crippen molar-refractivity contribution in [3.63, 3.8) is 0 Å². The second kappa shape index (κ2) is 6.57. The summed E-state index contributed by atoms with van der Waals surface area (Å²) in [6, 6.07) is 7.90. The fourth-order valence-corrected chi connectivity index (χ4v) is 3.80. The minimum atomic E-state index is -0.178. The number of nitrogens with one attached hydrogen (secondary N) is 1. The molecule has 3 aromatic heterocycles. The number of rotatable bonds is 4. The number of pyridine rings is 1. The van der Waals surface area contributed by atoms with E-state index in [9.17, 15) is 4.79 Å². The SMILES string of the molecule is O=C(NCc1cccnc1-c1cccs1)c1noc2c1CCCC2. The monoisotopic (exact) mass is 339 g/mol. The Labute approximate surface area is 143 Å². The first-order chi connectivity index (χ1) is 11.8. The smallest absolute Gasteiger partial charge is 0.274 e. The first-order valence-electron chi connectivity index (χ1n) is 8.06. The van der Waals surface area contributed by atoms with Gasteiger partial charge in [-0.15, -0.1) is 11.3 Å². The van der Waals surface area contributed by atoms with Gasteiger partial charge in [-0.1, -0.05) is 17.3 Å². The molecule has 0 bridgehead atoms. The molecule has 5 nitrogen and oxygen atoms in total. The molecule has 1 aliphatic carbocycles. The van der Waals surface area contributed by atoms with E-state index in [0.717, 1.165) is 53.1 Å². The lowest BCUT2D eigenvalue weighted by Crippen LogP contribution is -2.25. The maximum Gasteiger partial charge on any atom is 0.274 e. The van der Waals surface area contributed by atoms with Crippen LogP contribution in [0.2, 0.25) is 0 Å². The number of fused-ring (bicyclic) bond motifs is 1. The van der Waals surface area contributed by atoms with Crippen LogP contribution < -0.4 is 5.32 Å². The second-order valence-electron chi connectivity index (χ2n) is 5.81. The maximum absolute atomic E-state index is 12.5. The molecule has 122 valence electrons. The summed E-state index contributed by atoms with van der Waals surface area (Å²) < 4.78 is 5.32. The topological polar surface area (TPSA) is 68.0 Å². The van der Waals surface area contributed by atoms with Crippen LogP contribution in [0, 0.1) is 0 Å². The Kier molecular flexibility index (Phi) is 4.13. The van der Waals surface area contributed by atoms with E-state index < -0.39 is 0 Å². The average Bonchev–Trinajstić information content (AvgIpc) is 3.29. The molecule has 0 atom stereocenters. The molecular weight excluding hydrogens is 322 g/mol. The van der Waals surface area contributed by atoms with Gasteiger partial charge in [0.15, 0.2) is 5.69 Å². The van der Waals surface area contributed by atoms with Crippen LogP contribution in [0.5, 0.6) is 0 Å². The summed E-state index contributed by atoms with van der Waals surface area (Å²) in [6.45, 7) is 0.418. The van der Waals surface area contributed by atoms with E-state index in [-0.39, 0.29) is 5.91 Å². The average molecular weight is 339 g/mol. The van der Waals surface area contributed by atoms with E-state index in [4.69, 9.17) is 4.52 Å². The molecule has 24 heavy (non-hydrogen) atoms. The zero-order valence-electron chi connectivity index (χ0n) is 13.1. The van der Waals surface area contributed by atoms with Crippen LogP contribution in [-0.2, 0) is 19.4 Å². The van der Waals surface area contributed by atoms with Crippen LogP contribution in [0.25, 0.3) is 10.6 Å². The van der Waals surface area contributed by atoms with Crippen LogP contribution >= 0.6 is 11.3 Å².